The smallest absolute Gasteiger partial charge is 0.421 e. The summed E-state index contributed by atoms with van der Waals surface area (Å²) in [4.78, 5) is 10.4. The first-order chi connectivity index (χ1) is 5.22. The number of nitrogens with two attached hydrogens (primary N) is 1. The first kappa shape index (κ1) is 8.29. The lowest BCUT2D eigenvalue weighted by molar-refractivity contribution is 0.115. The van der Waals surface area contributed by atoms with Crippen molar-refractivity contribution in [2.24, 2.45) is 5.84 Å². The maximum atomic E-state index is 10.4. The zero-order valence-corrected chi connectivity index (χ0v) is 6.29. The molecule has 1 aliphatic rings. The Morgan fingerprint density at radius 2 is 2.45 bits per heavy atom. The standard InChI is InChI=1S/C6H13N3O2/c7-9(6(10)11)5-2-1-3-8-4-5/h5,8H,1-4,7H2,(H,10,11)/t5-/m1/s1. The summed E-state index contributed by atoms with van der Waals surface area (Å²) in [5, 5.41) is 12.5. The lowest BCUT2D eigenvalue weighted by Crippen LogP contribution is -2.51. The molecule has 1 fully saturated rings. The van der Waals surface area contributed by atoms with Crippen LogP contribution in [-0.4, -0.2) is 35.3 Å². The third-order valence-corrected chi connectivity index (χ3v) is 1.89. The highest BCUT2D eigenvalue weighted by Crippen LogP contribution is 2.06. The van der Waals surface area contributed by atoms with E-state index in [0.29, 0.717) is 6.54 Å². The highest BCUT2D eigenvalue weighted by molar-refractivity contribution is 5.64. The molecule has 11 heavy (non-hydrogen) atoms. The maximum Gasteiger partial charge on any atom is 0.421 e. The Morgan fingerprint density at radius 1 is 1.73 bits per heavy atom. The van der Waals surface area contributed by atoms with Gasteiger partial charge in [0.25, 0.3) is 0 Å². The monoisotopic (exact) mass is 159 g/mol. The van der Waals surface area contributed by atoms with Gasteiger partial charge in [-0.2, -0.15) is 0 Å². The fourth-order valence-electron chi connectivity index (χ4n) is 1.23. The number of hydrogen-bond donors (Lipinski definition) is 3. The van der Waals surface area contributed by atoms with E-state index in [1.165, 1.54) is 0 Å². The minimum atomic E-state index is -1.06. The average molecular weight is 159 g/mol. The Kier molecular flexibility index (Phi) is 2.67. The highest BCUT2D eigenvalue weighted by Gasteiger charge is 2.21. The minimum Gasteiger partial charge on any atom is -0.464 e. The SMILES string of the molecule is NN(C(=O)O)[C@@H]1CCCNC1. The Labute approximate surface area is 65.1 Å². The summed E-state index contributed by atoms with van der Waals surface area (Å²) in [5.74, 6) is 5.28. The zero-order chi connectivity index (χ0) is 8.27. The quantitative estimate of drug-likeness (QED) is 0.276. The molecule has 4 N–H and O–H groups in total. The van der Waals surface area contributed by atoms with Crippen molar-refractivity contribution < 1.29 is 9.90 Å². The number of hydrazine groups is 1. The molecule has 0 aromatic heterocycles. The summed E-state index contributed by atoms with van der Waals surface area (Å²) < 4.78 is 0. The van der Waals surface area contributed by atoms with Gasteiger partial charge in [-0.05, 0) is 19.4 Å². The Bertz CT molecular complexity index is 145. The summed E-state index contributed by atoms with van der Waals surface area (Å²) in [6, 6.07) is -0.0544. The van der Waals surface area contributed by atoms with Crippen LogP contribution in [0.3, 0.4) is 0 Å². The van der Waals surface area contributed by atoms with Gasteiger partial charge in [-0.1, -0.05) is 0 Å². The molecular weight excluding hydrogens is 146 g/mol. The second kappa shape index (κ2) is 3.54. The molecule has 64 valence electrons. The number of rotatable bonds is 1. The van der Waals surface area contributed by atoms with Crippen molar-refractivity contribution >= 4 is 6.09 Å². The van der Waals surface area contributed by atoms with Crippen LogP contribution < -0.4 is 11.2 Å². The van der Waals surface area contributed by atoms with E-state index >= 15 is 0 Å². The summed E-state index contributed by atoms with van der Waals surface area (Å²) in [5.41, 5.74) is 0. The molecule has 1 atom stereocenters. The molecule has 1 saturated heterocycles. The van der Waals surface area contributed by atoms with Crippen LogP contribution in [0.1, 0.15) is 12.8 Å². The van der Waals surface area contributed by atoms with Gasteiger partial charge in [0.15, 0.2) is 0 Å². The molecule has 1 heterocycles. The molecule has 0 radical (unpaired) electrons. The molecular formula is C6H13N3O2. The third-order valence-electron chi connectivity index (χ3n) is 1.89. The molecule has 0 unspecified atom stereocenters. The van der Waals surface area contributed by atoms with E-state index in [2.05, 4.69) is 5.32 Å². The first-order valence-corrected chi connectivity index (χ1v) is 3.69. The Balaban J connectivity index is 2.38. The molecule has 1 rings (SSSR count). The van der Waals surface area contributed by atoms with E-state index in [0.717, 1.165) is 24.4 Å². The largest absolute Gasteiger partial charge is 0.464 e. The predicted molar refractivity (Wildman–Crippen MR) is 39.9 cm³/mol. The molecule has 0 bridgehead atoms. The second-order valence-corrected chi connectivity index (χ2v) is 2.69. The fraction of sp³-hybridized carbons (Fsp3) is 0.833. The highest BCUT2D eigenvalue weighted by atomic mass is 16.4. The number of piperidine rings is 1. The number of carboxylic acid groups (broad SMARTS) is 1. The zero-order valence-electron chi connectivity index (χ0n) is 6.29. The number of nitrogens with one attached hydrogen (secondary N) is 1. The van der Waals surface area contributed by atoms with E-state index in [1.807, 2.05) is 0 Å². The predicted octanol–water partition coefficient (Wildman–Crippen LogP) is -0.408. The molecule has 0 aromatic rings. The van der Waals surface area contributed by atoms with Gasteiger partial charge in [0, 0.05) is 6.54 Å². The van der Waals surface area contributed by atoms with E-state index in [9.17, 15) is 4.79 Å². The normalized spacial score (nSPS) is 24.6. The van der Waals surface area contributed by atoms with Crippen molar-refractivity contribution in [1.29, 1.82) is 0 Å². The van der Waals surface area contributed by atoms with Crippen molar-refractivity contribution in [3.05, 3.63) is 0 Å². The van der Waals surface area contributed by atoms with Crippen molar-refractivity contribution in [2.75, 3.05) is 13.1 Å². The number of carbonyl (C=O) groups is 1. The summed E-state index contributed by atoms with van der Waals surface area (Å²) in [6.07, 6.45) is 0.792. The molecule has 1 amide bonds. The topological polar surface area (TPSA) is 78.6 Å². The van der Waals surface area contributed by atoms with Gasteiger partial charge in [-0.25, -0.2) is 15.6 Å². The van der Waals surface area contributed by atoms with E-state index in [1.54, 1.807) is 0 Å². The summed E-state index contributed by atoms with van der Waals surface area (Å²) >= 11 is 0. The van der Waals surface area contributed by atoms with E-state index < -0.39 is 6.09 Å². The Hall–Kier alpha value is -0.810. The van der Waals surface area contributed by atoms with Gasteiger partial charge >= 0.3 is 6.09 Å². The molecule has 0 saturated carbocycles. The summed E-state index contributed by atoms with van der Waals surface area (Å²) in [6.45, 7) is 1.63. The van der Waals surface area contributed by atoms with Crippen LogP contribution in [0, 0.1) is 0 Å². The van der Waals surface area contributed by atoms with Gasteiger partial charge in [0.05, 0.1) is 6.04 Å². The minimum absolute atomic E-state index is 0.0544. The van der Waals surface area contributed by atoms with Crippen molar-refractivity contribution in [2.45, 2.75) is 18.9 Å². The van der Waals surface area contributed by atoms with Crippen molar-refractivity contribution in [3.8, 4) is 0 Å². The molecule has 0 spiro atoms. The van der Waals surface area contributed by atoms with Crippen molar-refractivity contribution in [1.82, 2.24) is 10.3 Å². The fourth-order valence-corrected chi connectivity index (χ4v) is 1.23. The first-order valence-electron chi connectivity index (χ1n) is 3.69. The van der Waals surface area contributed by atoms with E-state index in [-0.39, 0.29) is 6.04 Å². The van der Waals surface area contributed by atoms with Crippen LogP contribution in [0.2, 0.25) is 0 Å². The molecule has 5 nitrogen and oxygen atoms in total. The number of nitrogens with zero attached hydrogens (tertiary/aromatic N) is 1. The van der Waals surface area contributed by atoms with Crippen molar-refractivity contribution in [3.63, 3.8) is 0 Å². The molecule has 5 heteroatoms. The maximum absolute atomic E-state index is 10.4. The number of amides is 1. The lowest BCUT2D eigenvalue weighted by atomic mass is 10.1. The third kappa shape index (κ3) is 2.06. The van der Waals surface area contributed by atoms with Crippen LogP contribution in [0.4, 0.5) is 4.79 Å². The summed E-state index contributed by atoms with van der Waals surface area (Å²) in [7, 11) is 0. The Morgan fingerprint density at radius 3 is 2.91 bits per heavy atom. The van der Waals surface area contributed by atoms with Gasteiger partial charge in [0.2, 0.25) is 0 Å². The lowest BCUT2D eigenvalue weighted by Gasteiger charge is -2.28. The van der Waals surface area contributed by atoms with Crippen LogP contribution in [0.5, 0.6) is 0 Å². The van der Waals surface area contributed by atoms with Gasteiger partial charge in [0.1, 0.15) is 0 Å². The number of hydrogen-bond acceptors (Lipinski definition) is 3. The molecule has 0 aromatic carbocycles. The van der Waals surface area contributed by atoms with Crippen LogP contribution in [0.25, 0.3) is 0 Å². The molecule has 1 aliphatic heterocycles. The second-order valence-electron chi connectivity index (χ2n) is 2.69. The molecule has 0 aliphatic carbocycles. The van der Waals surface area contributed by atoms with E-state index in [4.69, 9.17) is 10.9 Å². The van der Waals surface area contributed by atoms with Crippen LogP contribution in [0.15, 0.2) is 0 Å². The van der Waals surface area contributed by atoms with Gasteiger partial charge in [-0.3, -0.25) is 0 Å². The van der Waals surface area contributed by atoms with Crippen LogP contribution >= 0.6 is 0 Å². The van der Waals surface area contributed by atoms with Gasteiger partial charge < -0.3 is 10.4 Å². The van der Waals surface area contributed by atoms with Crippen LogP contribution in [-0.2, 0) is 0 Å². The van der Waals surface area contributed by atoms with Gasteiger partial charge in [-0.15, -0.1) is 0 Å². The average Bonchev–Trinajstić information content (AvgIpc) is 2.05.